The lowest BCUT2D eigenvalue weighted by atomic mass is 9.98. The molecule has 3 N–H and O–H groups in total. The van der Waals surface area contributed by atoms with Crippen LogP contribution in [-0.2, 0) is 9.59 Å². The zero-order valence-corrected chi connectivity index (χ0v) is 16.4. The van der Waals surface area contributed by atoms with Crippen LogP contribution in [-0.4, -0.2) is 35.8 Å². The first-order chi connectivity index (χ1) is 12.0. The number of benzene rings is 1. The average molecular weight is 380 g/mol. The van der Waals surface area contributed by atoms with E-state index in [2.05, 4.69) is 5.32 Å². The molecule has 1 aromatic carbocycles. The number of nitrogens with one attached hydrogen (secondary N) is 1. The number of fused-ring (bicyclic) bond motifs is 1. The van der Waals surface area contributed by atoms with Crippen LogP contribution < -0.4 is 11.1 Å². The highest BCUT2D eigenvalue weighted by Gasteiger charge is 2.44. The summed E-state index contributed by atoms with van der Waals surface area (Å²) in [4.78, 5) is 27.4. The number of carbonyl (C=O) groups excluding carboxylic acids is 2. The summed E-state index contributed by atoms with van der Waals surface area (Å²) in [6.07, 6.45) is 2.59. The fourth-order valence-electron chi connectivity index (χ4n) is 4.19. The molecule has 26 heavy (non-hydrogen) atoms. The van der Waals surface area contributed by atoms with E-state index in [1.807, 2.05) is 49.1 Å². The highest BCUT2D eigenvalue weighted by molar-refractivity contribution is 5.89. The number of amides is 2. The molecule has 4 atom stereocenters. The van der Waals surface area contributed by atoms with E-state index in [9.17, 15) is 9.59 Å². The van der Waals surface area contributed by atoms with Gasteiger partial charge in [-0.2, -0.15) is 0 Å². The summed E-state index contributed by atoms with van der Waals surface area (Å²) < 4.78 is 0. The molecule has 6 heteroatoms. The van der Waals surface area contributed by atoms with Crippen LogP contribution in [0.3, 0.4) is 0 Å². The van der Waals surface area contributed by atoms with Gasteiger partial charge in [-0.05, 0) is 36.2 Å². The number of rotatable bonds is 5. The molecule has 1 saturated heterocycles. The molecule has 0 spiro atoms. The molecule has 1 aliphatic carbocycles. The Morgan fingerprint density at radius 3 is 2.50 bits per heavy atom. The van der Waals surface area contributed by atoms with Crippen LogP contribution in [0.2, 0.25) is 0 Å². The van der Waals surface area contributed by atoms with Crippen LogP contribution in [0.4, 0.5) is 0 Å². The van der Waals surface area contributed by atoms with Gasteiger partial charge in [0, 0.05) is 25.6 Å². The van der Waals surface area contributed by atoms with Crippen molar-refractivity contribution in [3.05, 3.63) is 35.9 Å². The Bertz CT molecular complexity index is 623. The molecule has 5 nitrogen and oxygen atoms in total. The standard InChI is InChI=1S/C20H29N3O2.ClH/c1-13(2)10-18(24)22-19(14-6-4-3-5-7-14)20(25)23-11-15-8-9-17(21)16(15)12-23;/h3-7,13,15-17,19H,8-12,21H2,1-2H3,(H,22,24);1H. The zero-order valence-electron chi connectivity index (χ0n) is 15.6. The highest BCUT2D eigenvalue weighted by Crippen LogP contribution is 2.38. The van der Waals surface area contributed by atoms with Crippen molar-refractivity contribution < 1.29 is 9.59 Å². The normalized spacial score (nSPS) is 25.5. The predicted molar refractivity (Wildman–Crippen MR) is 105 cm³/mol. The molecular weight excluding hydrogens is 350 g/mol. The highest BCUT2D eigenvalue weighted by atomic mass is 35.5. The second-order valence-electron chi connectivity index (χ2n) is 7.92. The second kappa shape index (κ2) is 8.87. The maximum absolute atomic E-state index is 13.2. The topological polar surface area (TPSA) is 75.4 Å². The third-order valence-corrected chi connectivity index (χ3v) is 5.50. The van der Waals surface area contributed by atoms with E-state index in [4.69, 9.17) is 5.73 Å². The van der Waals surface area contributed by atoms with Gasteiger partial charge in [0.2, 0.25) is 11.8 Å². The predicted octanol–water partition coefficient (Wildman–Crippen LogP) is 2.51. The van der Waals surface area contributed by atoms with E-state index in [-0.39, 0.29) is 36.2 Å². The van der Waals surface area contributed by atoms with Gasteiger partial charge in [0.15, 0.2) is 0 Å². The molecule has 0 bridgehead atoms. The van der Waals surface area contributed by atoms with Crippen molar-refractivity contribution in [3.8, 4) is 0 Å². The van der Waals surface area contributed by atoms with Crippen molar-refractivity contribution in [1.29, 1.82) is 0 Å². The van der Waals surface area contributed by atoms with Gasteiger partial charge in [0.05, 0.1) is 0 Å². The number of carbonyl (C=O) groups is 2. The average Bonchev–Trinajstić information content (AvgIpc) is 3.15. The molecule has 3 rings (SSSR count). The van der Waals surface area contributed by atoms with Crippen molar-refractivity contribution in [2.75, 3.05) is 13.1 Å². The molecule has 0 radical (unpaired) electrons. The molecule has 4 unspecified atom stereocenters. The Labute approximate surface area is 162 Å². The van der Waals surface area contributed by atoms with Crippen molar-refractivity contribution in [2.45, 2.75) is 45.2 Å². The van der Waals surface area contributed by atoms with Crippen LogP contribution >= 0.6 is 12.4 Å². The Balaban J connectivity index is 0.00000243. The fraction of sp³-hybridized carbons (Fsp3) is 0.600. The lowest BCUT2D eigenvalue weighted by Crippen LogP contribution is -2.43. The lowest BCUT2D eigenvalue weighted by molar-refractivity contribution is -0.136. The molecule has 144 valence electrons. The maximum Gasteiger partial charge on any atom is 0.249 e. The molecule has 1 saturated carbocycles. The van der Waals surface area contributed by atoms with Gasteiger partial charge >= 0.3 is 0 Å². The number of halogens is 1. The summed E-state index contributed by atoms with van der Waals surface area (Å²) >= 11 is 0. The molecule has 2 fully saturated rings. The minimum Gasteiger partial charge on any atom is -0.341 e. The van der Waals surface area contributed by atoms with Crippen LogP contribution in [0.25, 0.3) is 0 Å². The van der Waals surface area contributed by atoms with Gasteiger partial charge in [-0.3, -0.25) is 9.59 Å². The van der Waals surface area contributed by atoms with Crippen LogP contribution in [0.1, 0.15) is 44.7 Å². The molecule has 0 aromatic heterocycles. The van der Waals surface area contributed by atoms with E-state index >= 15 is 0 Å². The van der Waals surface area contributed by atoms with Crippen LogP contribution in [0.15, 0.2) is 30.3 Å². The number of hydrogen-bond acceptors (Lipinski definition) is 3. The summed E-state index contributed by atoms with van der Waals surface area (Å²) in [5.74, 6) is 1.10. The SMILES string of the molecule is CC(C)CC(=O)NC(C(=O)N1CC2CCC(N)C2C1)c1ccccc1.Cl. The molecule has 1 aliphatic heterocycles. The minimum atomic E-state index is -0.609. The van der Waals surface area contributed by atoms with E-state index in [0.29, 0.717) is 24.8 Å². The zero-order chi connectivity index (χ0) is 18.0. The molecule has 2 aliphatic rings. The molecule has 1 aromatic rings. The maximum atomic E-state index is 13.2. The van der Waals surface area contributed by atoms with E-state index in [1.54, 1.807) is 0 Å². The quantitative estimate of drug-likeness (QED) is 0.825. The van der Waals surface area contributed by atoms with E-state index in [1.165, 1.54) is 0 Å². The van der Waals surface area contributed by atoms with Crippen LogP contribution in [0.5, 0.6) is 0 Å². The van der Waals surface area contributed by atoms with E-state index < -0.39 is 6.04 Å². The second-order valence-corrected chi connectivity index (χ2v) is 7.92. The molecule has 1 heterocycles. The largest absolute Gasteiger partial charge is 0.341 e. The smallest absolute Gasteiger partial charge is 0.249 e. The number of nitrogens with zero attached hydrogens (tertiary/aromatic N) is 1. The molecular formula is C20H30ClN3O2. The van der Waals surface area contributed by atoms with Crippen molar-refractivity contribution in [1.82, 2.24) is 10.2 Å². The van der Waals surface area contributed by atoms with Gasteiger partial charge < -0.3 is 16.0 Å². The third-order valence-electron chi connectivity index (χ3n) is 5.50. The molecule has 2 amide bonds. The Kier molecular flexibility index (Phi) is 7.07. The fourth-order valence-corrected chi connectivity index (χ4v) is 4.19. The number of nitrogens with two attached hydrogens (primary N) is 1. The lowest BCUT2D eigenvalue weighted by Gasteiger charge is -2.26. The van der Waals surface area contributed by atoms with Gasteiger partial charge in [-0.25, -0.2) is 0 Å². The van der Waals surface area contributed by atoms with Crippen molar-refractivity contribution in [2.24, 2.45) is 23.5 Å². The van der Waals surface area contributed by atoms with Gasteiger partial charge in [0.1, 0.15) is 6.04 Å². The van der Waals surface area contributed by atoms with Gasteiger partial charge in [-0.15, -0.1) is 12.4 Å². The Morgan fingerprint density at radius 2 is 1.88 bits per heavy atom. The summed E-state index contributed by atoms with van der Waals surface area (Å²) in [5.41, 5.74) is 7.04. The first kappa shape index (κ1) is 20.7. The van der Waals surface area contributed by atoms with E-state index in [0.717, 1.165) is 24.9 Å². The van der Waals surface area contributed by atoms with Crippen molar-refractivity contribution in [3.63, 3.8) is 0 Å². The summed E-state index contributed by atoms with van der Waals surface area (Å²) in [7, 11) is 0. The first-order valence-corrected chi connectivity index (χ1v) is 9.34. The monoisotopic (exact) mass is 379 g/mol. The third kappa shape index (κ3) is 4.57. The first-order valence-electron chi connectivity index (χ1n) is 9.34. The van der Waals surface area contributed by atoms with Crippen LogP contribution in [0, 0.1) is 17.8 Å². The van der Waals surface area contributed by atoms with Gasteiger partial charge in [-0.1, -0.05) is 44.2 Å². The summed E-state index contributed by atoms with van der Waals surface area (Å²) in [6, 6.07) is 9.12. The number of likely N-dealkylation sites (tertiary alicyclic amines) is 1. The summed E-state index contributed by atoms with van der Waals surface area (Å²) in [5, 5.41) is 2.96. The van der Waals surface area contributed by atoms with Gasteiger partial charge in [0.25, 0.3) is 0 Å². The minimum absolute atomic E-state index is 0. The number of hydrogen-bond donors (Lipinski definition) is 2. The Hall–Kier alpha value is -1.59. The Morgan fingerprint density at radius 1 is 1.19 bits per heavy atom. The summed E-state index contributed by atoms with van der Waals surface area (Å²) in [6.45, 7) is 5.48. The van der Waals surface area contributed by atoms with Crippen molar-refractivity contribution >= 4 is 24.2 Å².